The van der Waals surface area contributed by atoms with Crippen LogP contribution in [0.25, 0.3) is 111 Å². The molecule has 5 heterocycles. The second kappa shape index (κ2) is 35.8. The first-order valence-corrected chi connectivity index (χ1v) is 37.6. The van der Waals surface area contributed by atoms with Crippen LogP contribution in [0.15, 0.2) is 248 Å². The summed E-state index contributed by atoms with van der Waals surface area (Å²) in [6.07, 6.45) is -4.68. The van der Waals surface area contributed by atoms with Gasteiger partial charge in [-0.05, 0) is 161 Å². The average Bonchev–Trinajstić information content (AvgIpc) is 0.762. The fourth-order valence-electron chi connectivity index (χ4n) is 14.4. The van der Waals surface area contributed by atoms with E-state index < -0.39 is 65.4 Å². The topological polar surface area (TPSA) is 393 Å². The predicted molar refractivity (Wildman–Crippen MR) is 446 cm³/mol. The molecule has 9 aromatic carbocycles. The first kappa shape index (κ1) is 83.4. The van der Waals surface area contributed by atoms with E-state index in [1.54, 1.807) is 72.8 Å². The molecule has 25 nitrogen and oxygen atoms in total. The molecule has 118 heavy (non-hydrogen) atoms. The minimum absolute atomic E-state index is 0. The van der Waals surface area contributed by atoms with Crippen LogP contribution in [0.3, 0.4) is 0 Å². The van der Waals surface area contributed by atoms with Gasteiger partial charge >= 0.3 is 17.6 Å². The van der Waals surface area contributed by atoms with Crippen LogP contribution in [0.1, 0.15) is 91.4 Å². The van der Waals surface area contributed by atoms with Gasteiger partial charge in [-0.25, -0.2) is 28.9 Å². The number of aliphatic hydroxyl groups is 4. The fraction of sp³-hybridized carbons (Fsp3) is 0.163. The lowest BCUT2D eigenvalue weighted by Gasteiger charge is -2.25. The van der Waals surface area contributed by atoms with Gasteiger partial charge in [0.15, 0.2) is 40.0 Å². The number of pyridine rings is 1. The zero-order valence-electron chi connectivity index (χ0n) is 64.6. The lowest BCUT2D eigenvalue weighted by molar-refractivity contribution is -0.0802. The minimum Gasteiger partial charge on any atom is -1.00 e. The van der Waals surface area contributed by atoms with Crippen molar-refractivity contribution in [1.29, 1.82) is 0 Å². The number of phenolic OH excluding ortho intramolecular Hbond substituents is 3. The van der Waals surface area contributed by atoms with Crippen molar-refractivity contribution in [3.05, 3.63) is 305 Å². The number of carbonyl (C=O) groups excluding carboxylic acids is 2. The number of carboxylic acids is 2. The summed E-state index contributed by atoms with van der Waals surface area (Å²) in [4.78, 5) is 101. The van der Waals surface area contributed by atoms with Crippen LogP contribution in [0, 0.1) is 13.8 Å². The highest BCUT2D eigenvalue weighted by atomic mass is 35.5. The van der Waals surface area contributed by atoms with Crippen molar-refractivity contribution >= 4 is 84.0 Å². The van der Waals surface area contributed by atoms with Gasteiger partial charge in [0.05, 0.1) is 58.0 Å². The van der Waals surface area contributed by atoms with Crippen LogP contribution >= 0.6 is 0 Å². The van der Waals surface area contributed by atoms with Gasteiger partial charge in [0.2, 0.25) is 5.36 Å². The Morgan fingerprint density at radius 3 is 1.62 bits per heavy atom. The normalized spacial score (nSPS) is 12.2. The number of aromatic nitrogens is 5. The van der Waals surface area contributed by atoms with Gasteiger partial charge < -0.3 is 76.7 Å². The molecule has 0 unspecified atom stereocenters. The molecule has 0 amide bonds. The molecule has 26 heteroatoms. The number of nitrogens with zero attached hydrogens (tertiary/aromatic N) is 6. The smallest absolute Gasteiger partial charge is 0.349 e. The van der Waals surface area contributed by atoms with E-state index in [-0.39, 0.29) is 75.2 Å². The second-order valence-electron chi connectivity index (χ2n) is 27.6. The fourth-order valence-corrected chi connectivity index (χ4v) is 14.4. The quantitative estimate of drug-likeness (QED) is 0.0275. The number of para-hydroxylation sites is 2. The van der Waals surface area contributed by atoms with E-state index in [1.165, 1.54) is 63.9 Å². The van der Waals surface area contributed by atoms with Gasteiger partial charge in [0, 0.05) is 104 Å². The number of aromatic carboxylic acids is 2. The lowest BCUT2D eigenvalue weighted by Crippen LogP contribution is -3.00. The summed E-state index contributed by atoms with van der Waals surface area (Å²) < 4.78 is 15.9. The highest BCUT2D eigenvalue weighted by Gasteiger charge is 2.34. The first-order valence-electron chi connectivity index (χ1n) is 37.6. The van der Waals surface area contributed by atoms with Crippen molar-refractivity contribution in [2.75, 3.05) is 37.7 Å². The number of fused-ring (bicyclic) bond motifs is 10. The third-order valence-corrected chi connectivity index (χ3v) is 20.5. The van der Waals surface area contributed by atoms with Gasteiger partial charge in [0.1, 0.15) is 59.8 Å². The molecule has 598 valence electrons. The molecule has 1 aromatic heterocycles. The van der Waals surface area contributed by atoms with Crippen LogP contribution in [-0.4, -0.2) is 145 Å². The summed E-state index contributed by atoms with van der Waals surface area (Å²) in [5, 5.41) is 92.2. The number of nitrogens with one attached hydrogen (secondary N) is 1. The molecule has 17 rings (SSSR count). The maximum Gasteiger partial charge on any atom is 0.349 e. The molecule has 0 fully saturated rings. The Labute approximate surface area is 679 Å². The van der Waals surface area contributed by atoms with Gasteiger partial charge in [-0.15, -0.1) is 0 Å². The third kappa shape index (κ3) is 16.9. The number of hydrogen-bond acceptors (Lipinski definition) is 20. The molecule has 0 bridgehead atoms. The van der Waals surface area contributed by atoms with E-state index in [2.05, 4.69) is 112 Å². The number of aliphatic hydroxyl groups excluding tert-OH is 4. The van der Waals surface area contributed by atoms with Crippen molar-refractivity contribution in [3.63, 3.8) is 0 Å². The van der Waals surface area contributed by atoms with Gasteiger partial charge in [-0.2, -0.15) is 4.98 Å². The number of carboxylic acid groups (broad SMARTS) is 2. The molecule has 3 atom stereocenters. The third-order valence-electron chi connectivity index (χ3n) is 20.5. The molecule has 7 aliphatic rings. The summed E-state index contributed by atoms with van der Waals surface area (Å²) in [6, 6.07) is 66.4. The average molecular weight is 1610 g/mol. The number of H-pyrrole nitrogens is 1. The Kier molecular flexibility index (Phi) is 25.3. The standard InChI is InChI=1S/C28H30N2O3.C20H12O5.C17H20N4O6.C14H8O4.C13H9N.ClH/c1-5-29(6-2)19-13-15-23-25(17-19)33-26-18-20(30(7-3)8-4)14-16-24(26)27(23)21-11-9-10-12-22(21)28(31)32;21-11-5-7-15-17(9-11)25-18-10-12(22)6-8-16(18)19(15)13-3-1-2-4-14(13)20(23)24;1-7-3-9-10(4-8(7)2)21(5-11(23)14(25)12(24)6-22)15-13(18-9)16(26)20-17(27)19-15;15-10-6-5-9-11(14(10)18)13(17)8-4-2-1-3-7(8)12(9)16;1-3-7-12-10(5-1)9-11-6-2-4-8-13(11)14-12;/h9-18H,5-8H2,1-4H3;1-10,21H,(H,23,24);3-4,11-12,14,22-25H,5-6H2,1-2H3,(H,20,26,27);1-6,15,18H;1-9H;1H/t;;11-,12+,14-;;;/m..1.../s1. The zero-order valence-corrected chi connectivity index (χ0v) is 65.4. The molecule has 0 spiro atoms. The van der Waals surface area contributed by atoms with Crippen molar-refractivity contribution < 1.29 is 86.4 Å². The number of phenols is 3. The molecular weight excluding hydrogens is 1530 g/mol. The Balaban J connectivity index is 0.000000139. The molecule has 4 aliphatic heterocycles. The number of aromatic amines is 1. The SMILES string of the molecule is CCN(CC)c1ccc2c(-c3ccccc3C(=O)O)c3ccc(=[N+](CC)CC)cc-3oc2c1.Cc1cc2nc3c(=O)[nH]c(=O)nc-3n(C[C@@H](O)[C@@H](O)[C@@H](O)CO)c2cc1C.O=C(O)c1ccccc1-c1c2ccc(=O)cc-2oc2cc(O)ccc12.O=C1c2ccccc2C(=O)c2c1ccc(O)c2O.[Cl-].c1ccc2nc3ccccc3cc2c1. The van der Waals surface area contributed by atoms with E-state index in [4.69, 9.17) is 13.9 Å². The number of aromatic hydroxyl groups is 3. The first-order chi connectivity index (χ1) is 56.3. The van der Waals surface area contributed by atoms with Crippen LogP contribution < -0.4 is 43.9 Å². The summed E-state index contributed by atoms with van der Waals surface area (Å²) in [6.45, 7) is 14.9. The molecule has 0 saturated carbocycles. The molecule has 10 N–H and O–H groups in total. The number of ketones is 2. The highest BCUT2D eigenvalue weighted by Crippen LogP contribution is 2.45. The van der Waals surface area contributed by atoms with Crippen LogP contribution in [-0.2, 0) is 6.54 Å². The lowest BCUT2D eigenvalue weighted by atomic mass is 9.83. The largest absolute Gasteiger partial charge is 1.00 e. The van der Waals surface area contributed by atoms with E-state index in [0.717, 1.165) is 87.2 Å². The number of carbonyl (C=O) groups is 4. The minimum atomic E-state index is -1.64. The Morgan fingerprint density at radius 2 is 1.03 bits per heavy atom. The molecule has 3 aliphatic carbocycles. The molecule has 0 radical (unpaired) electrons. The number of aryl methyl sites for hydroxylation is 2. The van der Waals surface area contributed by atoms with Crippen LogP contribution in [0.5, 0.6) is 17.2 Å². The second-order valence-corrected chi connectivity index (χ2v) is 27.6. The van der Waals surface area contributed by atoms with Gasteiger partial charge in [-0.1, -0.05) is 97.1 Å². The summed E-state index contributed by atoms with van der Waals surface area (Å²) in [5.41, 5.74) is 10.5. The molecule has 10 aromatic rings. The van der Waals surface area contributed by atoms with Crippen molar-refractivity contribution in [2.45, 2.75) is 66.4 Å². The van der Waals surface area contributed by atoms with Gasteiger partial charge in [-0.3, -0.25) is 24.2 Å². The maximum absolute atomic E-state index is 12.2. The number of anilines is 1. The number of hydrogen-bond donors (Lipinski definition) is 10. The number of rotatable bonds is 14. The monoisotopic (exact) mass is 1610 g/mol. The Morgan fingerprint density at radius 1 is 0.508 bits per heavy atom. The number of halogens is 1. The van der Waals surface area contributed by atoms with Crippen molar-refractivity contribution in [3.8, 4) is 73.7 Å². The maximum atomic E-state index is 12.2. The molecule has 0 saturated heterocycles. The Bertz CT molecular complexity index is 6620. The predicted octanol–water partition coefficient (Wildman–Crippen LogP) is 10.1. The Hall–Kier alpha value is -14.1. The van der Waals surface area contributed by atoms with E-state index in [0.29, 0.717) is 55.6 Å². The van der Waals surface area contributed by atoms with E-state index in [1.807, 2.05) is 62.4 Å². The summed E-state index contributed by atoms with van der Waals surface area (Å²) in [5.74, 6) is -2.65. The summed E-state index contributed by atoms with van der Waals surface area (Å²) in [7, 11) is 0. The highest BCUT2D eigenvalue weighted by molar-refractivity contribution is 6.29. The van der Waals surface area contributed by atoms with Crippen molar-refractivity contribution in [1.82, 2.24) is 29.1 Å². The summed E-state index contributed by atoms with van der Waals surface area (Å²) >= 11 is 0. The zero-order chi connectivity index (χ0) is 83.2. The van der Waals surface area contributed by atoms with E-state index in [9.17, 15) is 74.4 Å². The van der Waals surface area contributed by atoms with Crippen LogP contribution in [0.2, 0.25) is 0 Å². The van der Waals surface area contributed by atoms with Gasteiger partial charge in [0.25, 0.3) is 5.56 Å². The van der Waals surface area contributed by atoms with E-state index >= 15 is 0 Å². The van der Waals surface area contributed by atoms with Crippen LogP contribution in [0.4, 0.5) is 5.69 Å². The molecular formula is C92H80ClN7O18. The van der Waals surface area contributed by atoms with Crippen molar-refractivity contribution in [2.24, 2.45) is 0 Å². The number of benzene rings is 11.